The quantitative estimate of drug-likeness (QED) is 0.742. The Morgan fingerprint density at radius 2 is 1.21 bits per heavy atom. The van der Waals surface area contributed by atoms with Gasteiger partial charge in [-0.1, -0.05) is 23.2 Å². The molecule has 0 radical (unpaired) electrons. The molecule has 2 aromatic rings. The van der Waals surface area contributed by atoms with Crippen LogP contribution in [-0.2, 0) is 0 Å². The first kappa shape index (κ1) is 9.44. The highest BCUT2D eigenvalue weighted by atomic mass is 35.5. The van der Waals surface area contributed by atoms with Gasteiger partial charge in [0.1, 0.15) is 0 Å². The maximum atomic E-state index is 5.83. The first-order valence-electron chi connectivity index (χ1n) is 3.99. The first-order chi connectivity index (χ1) is 6.75. The van der Waals surface area contributed by atoms with Crippen LogP contribution >= 0.6 is 23.2 Å². The molecule has 0 fully saturated rings. The average Bonchev–Trinajstić information content (AvgIpc) is 2.18. The van der Waals surface area contributed by atoms with Gasteiger partial charge in [-0.25, -0.2) is 0 Å². The van der Waals surface area contributed by atoms with E-state index in [9.17, 15) is 0 Å². The number of rotatable bonds is 1. The molecule has 0 saturated heterocycles. The number of aromatic nitrogens is 2. The summed E-state index contributed by atoms with van der Waals surface area (Å²) in [7, 11) is 0. The van der Waals surface area contributed by atoms with Gasteiger partial charge in [-0.15, -0.1) is 0 Å². The average molecular weight is 225 g/mol. The summed E-state index contributed by atoms with van der Waals surface area (Å²) in [6.45, 7) is 0. The van der Waals surface area contributed by atoms with Crippen LogP contribution in [0.25, 0.3) is 11.4 Å². The van der Waals surface area contributed by atoms with Gasteiger partial charge in [-0.2, -0.15) is 0 Å². The van der Waals surface area contributed by atoms with Gasteiger partial charge in [0.25, 0.3) is 0 Å². The van der Waals surface area contributed by atoms with Gasteiger partial charge in [0, 0.05) is 22.4 Å². The van der Waals surface area contributed by atoms with Crippen molar-refractivity contribution in [2.45, 2.75) is 0 Å². The molecule has 2 aromatic heterocycles. The van der Waals surface area contributed by atoms with E-state index in [1.807, 2.05) is 0 Å². The maximum absolute atomic E-state index is 5.83. The summed E-state index contributed by atoms with van der Waals surface area (Å²) in [6, 6.07) is 6.94. The van der Waals surface area contributed by atoms with Crippen molar-refractivity contribution in [1.29, 1.82) is 0 Å². The van der Waals surface area contributed by atoms with E-state index < -0.39 is 0 Å². The highest BCUT2D eigenvalue weighted by Gasteiger charge is 2.01. The second kappa shape index (κ2) is 3.95. The standard InChI is InChI=1S/C10H6Cl2N2/c11-7-1-3-13-9(5-7)10-6-8(12)2-4-14-10/h1-6H. The van der Waals surface area contributed by atoms with Gasteiger partial charge in [-0.3, -0.25) is 9.97 Å². The fourth-order valence-electron chi connectivity index (χ4n) is 1.09. The van der Waals surface area contributed by atoms with Gasteiger partial charge in [0.2, 0.25) is 0 Å². The Bertz CT molecular complexity index is 414. The number of nitrogens with zero attached hydrogens (tertiary/aromatic N) is 2. The molecule has 0 saturated carbocycles. The summed E-state index contributed by atoms with van der Waals surface area (Å²) in [5.41, 5.74) is 1.44. The van der Waals surface area contributed by atoms with Crippen molar-refractivity contribution >= 4 is 23.2 Å². The summed E-state index contributed by atoms with van der Waals surface area (Å²) in [6.07, 6.45) is 3.28. The molecule has 70 valence electrons. The van der Waals surface area contributed by atoms with Crippen molar-refractivity contribution in [3.63, 3.8) is 0 Å². The van der Waals surface area contributed by atoms with Crippen molar-refractivity contribution in [3.8, 4) is 11.4 Å². The van der Waals surface area contributed by atoms with Gasteiger partial charge in [-0.05, 0) is 24.3 Å². The van der Waals surface area contributed by atoms with Crippen LogP contribution in [0.3, 0.4) is 0 Å². The van der Waals surface area contributed by atoms with Crippen LogP contribution in [0, 0.1) is 0 Å². The van der Waals surface area contributed by atoms with E-state index in [0.29, 0.717) is 10.0 Å². The molecule has 0 amide bonds. The van der Waals surface area contributed by atoms with E-state index in [2.05, 4.69) is 9.97 Å². The van der Waals surface area contributed by atoms with Crippen LogP contribution in [-0.4, -0.2) is 9.97 Å². The number of hydrogen-bond acceptors (Lipinski definition) is 2. The molecular weight excluding hydrogens is 219 g/mol. The van der Waals surface area contributed by atoms with Crippen molar-refractivity contribution in [2.75, 3.05) is 0 Å². The Kier molecular flexibility index (Phi) is 2.66. The van der Waals surface area contributed by atoms with Crippen LogP contribution in [0.2, 0.25) is 10.0 Å². The van der Waals surface area contributed by atoms with Crippen LogP contribution in [0.15, 0.2) is 36.7 Å². The van der Waals surface area contributed by atoms with Gasteiger partial charge < -0.3 is 0 Å². The van der Waals surface area contributed by atoms with E-state index in [-0.39, 0.29) is 0 Å². The van der Waals surface area contributed by atoms with E-state index in [1.54, 1.807) is 36.7 Å². The number of hydrogen-bond donors (Lipinski definition) is 0. The molecule has 2 nitrogen and oxygen atoms in total. The van der Waals surface area contributed by atoms with Gasteiger partial charge in [0.15, 0.2) is 0 Å². The zero-order valence-corrected chi connectivity index (χ0v) is 8.63. The first-order valence-corrected chi connectivity index (χ1v) is 4.75. The SMILES string of the molecule is Clc1ccnc(-c2cc(Cl)ccn2)c1. The molecule has 0 atom stereocenters. The minimum Gasteiger partial charge on any atom is -0.255 e. The van der Waals surface area contributed by atoms with E-state index >= 15 is 0 Å². The van der Waals surface area contributed by atoms with Gasteiger partial charge in [0.05, 0.1) is 11.4 Å². The third-order valence-corrected chi connectivity index (χ3v) is 2.18. The fraction of sp³-hybridized carbons (Fsp3) is 0. The normalized spacial score (nSPS) is 10.1. The lowest BCUT2D eigenvalue weighted by atomic mass is 10.2. The molecule has 0 aliphatic carbocycles. The van der Waals surface area contributed by atoms with E-state index in [1.165, 1.54) is 0 Å². The highest BCUT2D eigenvalue weighted by molar-refractivity contribution is 6.31. The summed E-state index contributed by atoms with van der Waals surface area (Å²) in [4.78, 5) is 8.29. The number of halogens is 2. The highest BCUT2D eigenvalue weighted by Crippen LogP contribution is 2.20. The lowest BCUT2D eigenvalue weighted by Gasteiger charge is -1.99. The van der Waals surface area contributed by atoms with Crippen molar-refractivity contribution < 1.29 is 0 Å². The van der Waals surface area contributed by atoms with E-state index in [4.69, 9.17) is 23.2 Å². The second-order valence-electron chi connectivity index (χ2n) is 2.72. The third-order valence-electron chi connectivity index (χ3n) is 1.71. The van der Waals surface area contributed by atoms with Crippen molar-refractivity contribution in [3.05, 3.63) is 46.7 Å². The summed E-state index contributed by atoms with van der Waals surface area (Å²) >= 11 is 11.7. The molecule has 0 aliphatic rings. The Morgan fingerprint density at radius 1 is 0.786 bits per heavy atom. The minimum absolute atomic E-state index is 0.636. The Hall–Kier alpha value is -1.12. The van der Waals surface area contributed by atoms with Crippen molar-refractivity contribution in [1.82, 2.24) is 9.97 Å². The largest absolute Gasteiger partial charge is 0.255 e. The Labute approximate surface area is 91.5 Å². The monoisotopic (exact) mass is 224 g/mol. The Morgan fingerprint density at radius 3 is 1.57 bits per heavy atom. The topological polar surface area (TPSA) is 25.8 Å². The molecule has 0 aliphatic heterocycles. The van der Waals surface area contributed by atoms with Crippen molar-refractivity contribution in [2.24, 2.45) is 0 Å². The Balaban J connectivity index is 2.49. The molecule has 0 unspecified atom stereocenters. The molecule has 0 N–H and O–H groups in total. The molecule has 14 heavy (non-hydrogen) atoms. The fourth-order valence-corrected chi connectivity index (χ4v) is 1.41. The van der Waals surface area contributed by atoms with Crippen LogP contribution < -0.4 is 0 Å². The van der Waals surface area contributed by atoms with Crippen LogP contribution in [0.1, 0.15) is 0 Å². The third kappa shape index (κ3) is 2.03. The van der Waals surface area contributed by atoms with E-state index in [0.717, 1.165) is 11.4 Å². The molecular formula is C10H6Cl2N2. The molecule has 2 rings (SSSR count). The molecule has 2 heterocycles. The predicted molar refractivity (Wildman–Crippen MR) is 57.5 cm³/mol. The summed E-state index contributed by atoms with van der Waals surface area (Å²) < 4.78 is 0. The lowest BCUT2D eigenvalue weighted by Crippen LogP contribution is -1.85. The molecule has 0 spiro atoms. The molecule has 4 heteroatoms. The smallest absolute Gasteiger partial charge is 0.0901 e. The number of pyridine rings is 2. The zero-order chi connectivity index (χ0) is 9.97. The van der Waals surface area contributed by atoms with Gasteiger partial charge >= 0.3 is 0 Å². The summed E-state index contributed by atoms with van der Waals surface area (Å²) in [5, 5.41) is 1.27. The predicted octanol–water partition coefficient (Wildman–Crippen LogP) is 3.45. The van der Waals surface area contributed by atoms with Crippen LogP contribution in [0.4, 0.5) is 0 Å². The van der Waals surface area contributed by atoms with Crippen LogP contribution in [0.5, 0.6) is 0 Å². The lowest BCUT2D eigenvalue weighted by molar-refractivity contribution is 1.25. The molecule has 0 bridgehead atoms. The minimum atomic E-state index is 0.636. The second-order valence-corrected chi connectivity index (χ2v) is 3.59. The maximum Gasteiger partial charge on any atom is 0.0901 e. The molecule has 0 aromatic carbocycles. The summed E-state index contributed by atoms with van der Waals surface area (Å²) in [5.74, 6) is 0. The zero-order valence-electron chi connectivity index (χ0n) is 7.11.